The minimum absolute atomic E-state index is 0.172. The van der Waals surface area contributed by atoms with Gasteiger partial charge in [-0.3, -0.25) is 4.79 Å². The minimum Gasteiger partial charge on any atom is -0.394 e. The van der Waals surface area contributed by atoms with Crippen LogP contribution in [0.2, 0.25) is 0 Å². The van der Waals surface area contributed by atoms with Crippen molar-refractivity contribution in [1.82, 2.24) is 5.32 Å². The molecule has 0 saturated carbocycles. The fourth-order valence-electron chi connectivity index (χ4n) is 8.66. The third-order valence-electron chi connectivity index (χ3n) is 12.9. The van der Waals surface area contributed by atoms with Crippen LogP contribution in [0.1, 0.15) is 251 Å². The fourth-order valence-corrected chi connectivity index (χ4v) is 8.66. The van der Waals surface area contributed by atoms with Gasteiger partial charge in [0, 0.05) is 6.42 Å². The van der Waals surface area contributed by atoms with Crippen molar-refractivity contribution in [3.63, 3.8) is 0 Å². The second-order valence-corrected chi connectivity index (χ2v) is 18.6. The highest BCUT2D eigenvalue weighted by Crippen LogP contribution is 2.23. The molecule has 1 heterocycles. The molecule has 0 bridgehead atoms. The maximum absolute atomic E-state index is 13.1. The number of unbranched alkanes of at least 4 members (excludes halogenated alkanes) is 33. The van der Waals surface area contributed by atoms with Crippen molar-refractivity contribution < 1.29 is 39.8 Å². The number of ether oxygens (including phenoxy) is 2. The Morgan fingerprint density at radius 1 is 0.550 bits per heavy atom. The maximum atomic E-state index is 13.1. The first-order valence-electron chi connectivity index (χ1n) is 25.9. The van der Waals surface area contributed by atoms with Crippen molar-refractivity contribution in [3.8, 4) is 0 Å². The van der Waals surface area contributed by atoms with E-state index >= 15 is 0 Å². The van der Waals surface area contributed by atoms with Gasteiger partial charge in [-0.25, -0.2) is 0 Å². The smallest absolute Gasteiger partial charge is 0.220 e. The summed E-state index contributed by atoms with van der Waals surface area (Å²) in [6.45, 7) is 3.79. The number of hydrogen-bond acceptors (Lipinski definition) is 9. The lowest BCUT2D eigenvalue weighted by atomic mass is 9.97. The lowest BCUT2D eigenvalue weighted by Crippen LogP contribution is -2.61. The third-order valence-corrected chi connectivity index (χ3v) is 12.9. The molecule has 8 N–H and O–H groups in total. The summed E-state index contributed by atoms with van der Waals surface area (Å²) in [6, 6.07) is -1.58. The largest absolute Gasteiger partial charge is 0.394 e. The zero-order chi connectivity index (χ0) is 43.9. The maximum Gasteiger partial charge on any atom is 0.220 e. The number of amides is 1. The van der Waals surface area contributed by atoms with E-state index < -0.39 is 55.5 Å². The molecule has 0 aromatic carbocycles. The van der Waals surface area contributed by atoms with E-state index in [1.54, 1.807) is 0 Å². The Bertz CT molecular complexity index is 929. The van der Waals surface area contributed by atoms with E-state index in [-0.39, 0.29) is 12.5 Å². The van der Waals surface area contributed by atoms with Gasteiger partial charge >= 0.3 is 0 Å². The highest BCUT2D eigenvalue weighted by molar-refractivity contribution is 5.76. The van der Waals surface area contributed by atoms with Gasteiger partial charge in [0.05, 0.1) is 31.4 Å². The van der Waals surface area contributed by atoms with Crippen molar-refractivity contribution in [1.29, 1.82) is 0 Å². The topological polar surface area (TPSA) is 175 Å². The molecular weight excluding hydrogens is 757 g/mol. The van der Waals surface area contributed by atoms with Gasteiger partial charge < -0.3 is 46.1 Å². The molecule has 0 radical (unpaired) electrons. The molecule has 0 aromatic heterocycles. The Hall–Kier alpha value is -0.850. The molecule has 0 aromatic rings. The Morgan fingerprint density at radius 3 is 1.27 bits per heavy atom. The molecule has 8 atom stereocenters. The van der Waals surface area contributed by atoms with Crippen LogP contribution in [0, 0.1) is 0 Å². The molecule has 358 valence electrons. The molecule has 60 heavy (non-hydrogen) atoms. The first-order chi connectivity index (χ1) is 29.3. The van der Waals surface area contributed by atoms with Crippen molar-refractivity contribution in [2.75, 3.05) is 13.2 Å². The molecule has 1 amide bonds. The summed E-state index contributed by atoms with van der Waals surface area (Å²) in [7, 11) is 0. The summed E-state index contributed by atoms with van der Waals surface area (Å²) in [5, 5.41) is 54.4. The molecule has 1 fully saturated rings. The van der Waals surface area contributed by atoms with Crippen molar-refractivity contribution >= 4 is 5.91 Å². The van der Waals surface area contributed by atoms with Gasteiger partial charge in [-0.15, -0.1) is 0 Å². The number of carbonyl (C=O) groups excluding carboxylic acids is 1. The van der Waals surface area contributed by atoms with Gasteiger partial charge in [0.2, 0.25) is 5.91 Å². The first-order valence-corrected chi connectivity index (χ1v) is 25.9. The number of carbonyl (C=O) groups is 1. The van der Waals surface area contributed by atoms with Gasteiger partial charge in [0.25, 0.3) is 0 Å². The molecule has 1 aliphatic heterocycles. The van der Waals surface area contributed by atoms with E-state index in [4.69, 9.17) is 15.2 Å². The van der Waals surface area contributed by atoms with Crippen LogP contribution in [0.5, 0.6) is 0 Å². The van der Waals surface area contributed by atoms with E-state index in [0.29, 0.717) is 12.8 Å². The lowest BCUT2D eigenvalue weighted by Gasteiger charge is -2.40. The van der Waals surface area contributed by atoms with Gasteiger partial charge in [0.15, 0.2) is 6.29 Å². The van der Waals surface area contributed by atoms with Crippen LogP contribution < -0.4 is 11.1 Å². The fraction of sp³-hybridized carbons (Fsp3) is 0.980. The number of nitrogens with one attached hydrogen (secondary N) is 1. The van der Waals surface area contributed by atoms with Crippen LogP contribution in [0.25, 0.3) is 0 Å². The first kappa shape index (κ1) is 57.2. The van der Waals surface area contributed by atoms with Crippen molar-refractivity contribution in [2.45, 2.75) is 300 Å². The average Bonchev–Trinajstić information content (AvgIpc) is 3.25. The summed E-state index contributed by atoms with van der Waals surface area (Å²) >= 11 is 0. The highest BCUT2D eigenvalue weighted by atomic mass is 16.7. The van der Waals surface area contributed by atoms with Gasteiger partial charge in [-0.2, -0.15) is 0 Å². The van der Waals surface area contributed by atoms with Crippen LogP contribution in [-0.2, 0) is 14.3 Å². The van der Waals surface area contributed by atoms with E-state index in [9.17, 15) is 30.3 Å². The van der Waals surface area contributed by atoms with Gasteiger partial charge in [0.1, 0.15) is 24.4 Å². The van der Waals surface area contributed by atoms with Crippen LogP contribution >= 0.6 is 0 Å². The zero-order valence-corrected chi connectivity index (χ0v) is 39.2. The summed E-state index contributed by atoms with van der Waals surface area (Å²) in [4.78, 5) is 13.1. The Morgan fingerprint density at radius 2 is 0.900 bits per heavy atom. The second kappa shape index (κ2) is 40.9. The normalized spacial score (nSPS) is 21.0. The summed E-state index contributed by atoms with van der Waals surface area (Å²) in [6.07, 6.45) is 37.9. The predicted molar refractivity (Wildman–Crippen MR) is 248 cm³/mol. The van der Waals surface area contributed by atoms with Gasteiger partial charge in [-0.1, -0.05) is 232 Å². The van der Waals surface area contributed by atoms with E-state index in [1.807, 2.05) is 0 Å². The number of nitrogens with two attached hydrogens (primary N) is 1. The molecule has 1 saturated heterocycles. The number of hydrogen-bond donors (Lipinski definition) is 7. The monoisotopic (exact) mass is 857 g/mol. The van der Waals surface area contributed by atoms with E-state index in [0.717, 1.165) is 38.5 Å². The van der Waals surface area contributed by atoms with E-state index in [1.165, 1.54) is 186 Å². The molecule has 1 aliphatic rings. The molecular formula is C50H100N2O8. The SMILES string of the molecule is CCCCCCCCCCCCCCCCCCCCCCCCCC(=O)N[C@@H](CO[C@H]1O[C@H](CO)[C@H](O)[C@H](O)[C@H]1O)[C@@H](N)[C@H](O)CCCCCCCCCCCCCC. The summed E-state index contributed by atoms with van der Waals surface area (Å²) < 4.78 is 11.3. The molecule has 0 aliphatic carbocycles. The van der Waals surface area contributed by atoms with Crippen LogP contribution in [0.15, 0.2) is 0 Å². The average molecular weight is 857 g/mol. The van der Waals surface area contributed by atoms with Crippen molar-refractivity contribution in [2.24, 2.45) is 5.73 Å². The zero-order valence-electron chi connectivity index (χ0n) is 39.2. The standard InChI is InChI=1S/C50H100N2O8/c1-3-5-7-9-11-13-15-17-18-19-20-21-22-23-24-25-26-27-29-31-33-35-37-39-45(55)52-42(41-59-50-49(58)48(57)47(56)44(40-53)60-50)46(51)43(54)38-36-34-32-30-28-16-14-12-10-8-6-4-2/h42-44,46-50,53-54,56-58H,3-41,51H2,1-2H3,(H,52,55)/t42-,43+,44+,46+,47-,48-,49+,50-/m0/s1. The second-order valence-electron chi connectivity index (χ2n) is 18.6. The number of rotatable bonds is 44. The minimum atomic E-state index is -1.57. The summed E-state index contributed by atoms with van der Waals surface area (Å²) in [5.74, 6) is -0.172. The molecule has 10 nitrogen and oxygen atoms in total. The highest BCUT2D eigenvalue weighted by Gasteiger charge is 2.44. The Kier molecular flexibility index (Phi) is 39.0. The van der Waals surface area contributed by atoms with Crippen LogP contribution in [-0.4, -0.2) is 93.5 Å². The molecule has 1 rings (SSSR count). The molecule has 0 unspecified atom stereocenters. The number of aliphatic hydroxyl groups is 5. The molecule has 0 spiro atoms. The van der Waals surface area contributed by atoms with Crippen LogP contribution in [0.4, 0.5) is 0 Å². The third kappa shape index (κ3) is 30.3. The van der Waals surface area contributed by atoms with Crippen molar-refractivity contribution in [3.05, 3.63) is 0 Å². The summed E-state index contributed by atoms with van der Waals surface area (Å²) in [5.41, 5.74) is 6.54. The Balaban J connectivity index is 2.26. The van der Waals surface area contributed by atoms with E-state index in [2.05, 4.69) is 19.2 Å². The quantitative estimate of drug-likeness (QED) is 0.0294. The predicted octanol–water partition coefficient (Wildman–Crippen LogP) is 10.4. The number of aliphatic hydroxyl groups excluding tert-OH is 5. The molecule has 10 heteroatoms. The van der Waals surface area contributed by atoms with Gasteiger partial charge in [-0.05, 0) is 12.8 Å². The lowest BCUT2D eigenvalue weighted by molar-refractivity contribution is -0.302. The van der Waals surface area contributed by atoms with Crippen LogP contribution in [0.3, 0.4) is 0 Å². The Labute approximate surface area is 369 Å².